The van der Waals surface area contributed by atoms with Crippen LogP contribution < -0.4 is 4.74 Å². The van der Waals surface area contributed by atoms with E-state index in [9.17, 15) is 14.7 Å². The Bertz CT molecular complexity index is 1330. The third-order valence-electron chi connectivity index (χ3n) is 5.04. The van der Waals surface area contributed by atoms with E-state index in [1.54, 1.807) is 42.5 Å². The average Bonchev–Trinajstić information content (AvgIpc) is 3.27. The number of carboxylic acids is 1. The van der Waals surface area contributed by atoms with E-state index in [1.807, 2.05) is 44.2 Å². The summed E-state index contributed by atoms with van der Waals surface area (Å²) in [5.74, 6) is -0.865. The Hall–Kier alpha value is -3.84. The monoisotopic (exact) mass is 458 g/mol. The molecule has 0 radical (unpaired) electrons. The fourth-order valence-electron chi connectivity index (χ4n) is 3.58. The summed E-state index contributed by atoms with van der Waals surface area (Å²) in [6, 6.07) is 21.2. The highest BCUT2D eigenvalue weighted by Gasteiger charge is 2.24. The van der Waals surface area contributed by atoms with Crippen molar-refractivity contribution in [1.29, 1.82) is 0 Å². The molecule has 0 amide bonds. The molecule has 0 aliphatic carbocycles. The minimum atomic E-state index is -1.17. The van der Waals surface area contributed by atoms with Gasteiger partial charge in [0.05, 0.1) is 23.4 Å². The van der Waals surface area contributed by atoms with E-state index in [-0.39, 0.29) is 29.5 Å². The summed E-state index contributed by atoms with van der Waals surface area (Å²) in [5.41, 5.74) is 3.10. The van der Waals surface area contributed by atoms with Crippen LogP contribution in [0.15, 0.2) is 78.4 Å². The number of aliphatic carboxylic acids is 1. The van der Waals surface area contributed by atoms with E-state index < -0.39 is 5.97 Å². The third kappa shape index (κ3) is 5.15. The number of carbonyl (C=O) groups excluding carboxylic acids is 1. The summed E-state index contributed by atoms with van der Waals surface area (Å²) in [6.45, 7) is 3.85. The molecule has 0 saturated heterocycles. The highest BCUT2D eigenvalue weighted by atomic mass is 32.1. The summed E-state index contributed by atoms with van der Waals surface area (Å²) in [4.78, 5) is 26.1. The first-order valence-corrected chi connectivity index (χ1v) is 11.2. The molecule has 0 spiro atoms. The summed E-state index contributed by atoms with van der Waals surface area (Å²) in [6.07, 6.45) is 0.188. The zero-order chi connectivity index (χ0) is 23.4. The van der Waals surface area contributed by atoms with Crippen LogP contribution in [-0.2, 0) is 11.2 Å². The van der Waals surface area contributed by atoms with Crippen LogP contribution in [-0.4, -0.2) is 31.7 Å². The van der Waals surface area contributed by atoms with Gasteiger partial charge in [0, 0.05) is 17.6 Å². The second-order valence-corrected chi connectivity index (χ2v) is 8.34. The van der Waals surface area contributed by atoms with Crippen molar-refractivity contribution in [2.45, 2.75) is 26.4 Å². The molecule has 166 valence electrons. The first-order chi connectivity index (χ1) is 15.9. The van der Waals surface area contributed by atoms with E-state index in [2.05, 4.69) is 8.75 Å². The largest absolute Gasteiger partial charge is 0.491 e. The number of nitrogens with zero attached hydrogens (tertiary/aromatic N) is 2. The predicted molar refractivity (Wildman–Crippen MR) is 129 cm³/mol. The molecule has 1 heterocycles. The topological polar surface area (TPSA) is 89.4 Å². The van der Waals surface area contributed by atoms with Crippen molar-refractivity contribution < 1.29 is 19.4 Å². The molecular formula is C26H22N2O4S. The number of benzene rings is 3. The Balaban J connectivity index is 1.83. The number of fused-ring (bicyclic) bond motifs is 1. The Morgan fingerprint density at radius 3 is 2.24 bits per heavy atom. The maximum atomic E-state index is 13.6. The van der Waals surface area contributed by atoms with E-state index in [1.165, 1.54) is 0 Å². The van der Waals surface area contributed by atoms with Gasteiger partial charge < -0.3 is 9.84 Å². The third-order valence-corrected chi connectivity index (χ3v) is 5.60. The number of Topliss-reactive ketones (excluding diaryl/α,β-unsaturated/α-hetero) is 1. The molecule has 1 aromatic heterocycles. The van der Waals surface area contributed by atoms with Crippen LogP contribution in [0.4, 0.5) is 0 Å². The molecule has 4 rings (SSSR count). The lowest BCUT2D eigenvalue weighted by atomic mass is 9.89. The molecule has 0 aliphatic heterocycles. The second kappa shape index (κ2) is 9.75. The van der Waals surface area contributed by atoms with Crippen molar-refractivity contribution in [1.82, 2.24) is 8.75 Å². The highest BCUT2D eigenvalue weighted by molar-refractivity contribution is 7.00. The van der Waals surface area contributed by atoms with Crippen LogP contribution >= 0.6 is 11.7 Å². The molecule has 0 aliphatic rings. The number of hydrogen-bond donors (Lipinski definition) is 1. The van der Waals surface area contributed by atoms with E-state index >= 15 is 0 Å². The van der Waals surface area contributed by atoms with Gasteiger partial charge in [0.25, 0.3) is 0 Å². The zero-order valence-corrected chi connectivity index (χ0v) is 19.0. The van der Waals surface area contributed by atoms with Gasteiger partial charge in [0.15, 0.2) is 5.78 Å². The Morgan fingerprint density at radius 2 is 1.58 bits per heavy atom. The van der Waals surface area contributed by atoms with Crippen molar-refractivity contribution in [3.8, 4) is 5.75 Å². The molecule has 33 heavy (non-hydrogen) atoms. The minimum absolute atomic E-state index is 0.00817. The number of carboxylic acid groups (broad SMARTS) is 1. The minimum Gasteiger partial charge on any atom is -0.491 e. The van der Waals surface area contributed by atoms with Gasteiger partial charge in [-0.1, -0.05) is 36.4 Å². The van der Waals surface area contributed by atoms with Gasteiger partial charge in [0.2, 0.25) is 0 Å². The Morgan fingerprint density at radius 1 is 0.909 bits per heavy atom. The molecule has 0 fully saturated rings. The number of aromatic nitrogens is 2. The fraction of sp³-hybridized carbons (Fsp3) is 0.154. The Kier molecular flexibility index (Phi) is 6.60. The van der Waals surface area contributed by atoms with Crippen molar-refractivity contribution >= 4 is 40.1 Å². The maximum Gasteiger partial charge on any atom is 0.336 e. The van der Waals surface area contributed by atoms with Crippen LogP contribution in [0.2, 0.25) is 0 Å². The van der Waals surface area contributed by atoms with E-state index in [4.69, 9.17) is 4.74 Å². The molecule has 0 saturated carbocycles. The lowest BCUT2D eigenvalue weighted by Crippen LogP contribution is -2.14. The van der Waals surface area contributed by atoms with Crippen molar-refractivity contribution in [2.75, 3.05) is 0 Å². The van der Waals surface area contributed by atoms with Crippen LogP contribution in [0, 0.1) is 0 Å². The molecule has 3 aromatic carbocycles. The lowest BCUT2D eigenvalue weighted by molar-refractivity contribution is -0.130. The van der Waals surface area contributed by atoms with Gasteiger partial charge in [-0.25, -0.2) is 4.79 Å². The molecule has 1 N–H and O–H groups in total. The first-order valence-electron chi connectivity index (χ1n) is 10.5. The van der Waals surface area contributed by atoms with Crippen molar-refractivity contribution in [2.24, 2.45) is 0 Å². The quantitative estimate of drug-likeness (QED) is 0.279. The van der Waals surface area contributed by atoms with Gasteiger partial charge in [-0.2, -0.15) is 8.75 Å². The number of ether oxygens (including phenoxy) is 1. The van der Waals surface area contributed by atoms with Crippen molar-refractivity contribution in [3.63, 3.8) is 0 Å². The maximum absolute atomic E-state index is 13.6. The molecule has 4 aromatic rings. The number of carbonyl (C=O) groups is 2. The first kappa shape index (κ1) is 22.4. The summed E-state index contributed by atoms with van der Waals surface area (Å²) >= 11 is 1.06. The second-order valence-electron chi connectivity index (χ2n) is 7.81. The van der Waals surface area contributed by atoms with Crippen molar-refractivity contribution in [3.05, 3.63) is 95.1 Å². The predicted octanol–water partition coefficient (Wildman–Crippen LogP) is 5.44. The van der Waals surface area contributed by atoms with Gasteiger partial charge in [-0.15, -0.1) is 0 Å². The number of rotatable bonds is 8. The van der Waals surface area contributed by atoms with Crippen LogP contribution in [0.5, 0.6) is 5.75 Å². The smallest absolute Gasteiger partial charge is 0.336 e. The van der Waals surface area contributed by atoms with Crippen LogP contribution in [0.25, 0.3) is 16.6 Å². The van der Waals surface area contributed by atoms with Gasteiger partial charge in [0.1, 0.15) is 16.8 Å². The summed E-state index contributed by atoms with van der Waals surface area (Å²) < 4.78 is 14.1. The number of ketones is 1. The number of allylic oxidation sites excluding steroid dienone is 1. The molecule has 0 bridgehead atoms. The molecular weight excluding hydrogens is 436 g/mol. The molecule has 6 nitrogen and oxygen atoms in total. The van der Waals surface area contributed by atoms with E-state index in [0.29, 0.717) is 27.9 Å². The molecule has 7 heteroatoms. The van der Waals surface area contributed by atoms with Gasteiger partial charge in [-0.3, -0.25) is 4.79 Å². The zero-order valence-electron chi connectivity index (χ0n) is 18.2. The molecule has 0 unspecified atom stereocenters. The summed E-state index contributed by atoms with van der Waals surface area (Å²) in [5, 5.41) is 10.2. The van der Waals surface area contributed by atoms with E-state index in [0.717, 1.165) is 17.3 Å². The van der Waals surface area contributed by atoms with Gasteiger partial charge in [-0.05, 0) is 61.4 Å². The van der Waals surface area contributed by atoms with Crippen LogP contribution in [0.3, 0.4) is 0 Å². The molecule has 0 atom stereocenters. The average molecular weight is 459 g/mol. The SMILES string of the molecule is CC(C)Oc1ccc(C(=O)/C(Cc2ccccc2)=C(/C(=O)O)c2ccc3nsnc3c2)cc1. The lowest BCUT2D eigenvalue weighted by Gasteiger charge is -2.14. The van der Waals surface area contributed by atoms with Gasteiger partial charge >= 0.3 is 5.97 Å². The van der Waals surface area contributed by atoms with Crippen LogP contribution in [0.1, 0.15) is 35.3 Å². The fourth-order valence-corrected chi connectivity index (χ4v) is 4.10. The standard InChI is InChI=1S/C26H22N2O4S/c1-16(2)32-20-11-8-18(9-12-20)25(29)21(14-17-6-4-3-5-7-17)24(26(30)31)19-10-13-22-23(15-19)28-33-27-22/h3-13,15-16H,14H2,1-2H3,(H,30,31)/b24-21+. The normalized spacial score (nSPS) is 12.0. The highest BCUT2D eigenvalue weighted by Crippen LogP contribution is 2.28. The Labute approximate surface area is 195 Å². The number of hydrogen-bond acceptors (Lipinski definition) is 6. The summed E-state index contributed by atoms with van der Waals surface area (Å²) in [7, 11) is 0.